The van der Waals surface area contributed by atoms with Crippen molar-refractivity contribution in [1.29, 1.82) is 0 Å². The van der Waals surface area contributed by atoms with Crippen LogP contribution in [0, 0.1) is 12.3 Å². The van der Waals surface area contributed by atoms with Crippen molar-refractivity contribution < 1.29 is 0 Å². The maximum atomic E-state index is 6.04. The quantitative estimate of drug-likeness (QED) is 0.687. The van der Waals surface area contributed by atoms with E-state index in [0.717, 1.165) is 11.1 Å². The summed E-state index contributed by atoms with van der Waals surface area (Å²) < 4.78 is 1.95. The number of nitrogens with zero attached hydrogens (tertiary/aromatic N) is 3. The summed E-state index contributed by atoms with van der Waals surface area (Å²) >= 11 is 6.04. The van der Waals surface area contributed by atoms with Gasteiger partial charge in [-0.25, -0.2) is 0 Å². The smallest absolute Gasteiger partial charge is 0.120 e. The fourth-order valence-corrected chi connectivity index (χ4v) is 2.87. The van der Waals surface area contributed by atoms with Crippen LogP contribution >= 0.6 is 11.6 Å². The molecule has 0 N–H and O–H groups in total. The van der Waals surface area contributed by atoms with Crippen molar-refractivity contribution in [2.24, 2.45) is 0 Å². The van der Waals surface area contributed by atoms with Gasteiger partial charge in [-0.1, -0.05) is 54.1 Å². The van der Waals surface area contributed by atoms with E-state index in [9.17, 15) is 0 Å². The van der Waals surface area contributed by atoms with E-state index >= 15 is 0 Å². The summed E-state index contributed by atoms with van der Waals surface area (Å²) in [6, 6.07) is 17.8. The molecule has 0 saturated carbocycles. The third kappa shape index (κ3) is 2.38. The van der Waals surface area contributed by atoms with Gasteiger partial charge in [0, 0.05) is 11.4 Å². The molecule has 1 unspecified atom stereocenters. The van der Waals surface area contributed by atoms with Crippen LogP contribution in [0.1, 0.15) is 17.5 Å². The number of aromatic nitrogens is 3. The molecule has 0 aliphatic heterocycles. The molecule has 3 rings (SSSR count). The topological polar surface area (TPSA) is 30.7 Å². The lowest BCUT2D eigenvalue weighted by Gasteiger charge is -2.34. The maximum Gasteiger partial charge on any atom is 0.120 e. The Morgan fingerprint density at radius 3 is 2.14 bits per heavy atom. The Balaban J connectivity index is 2.29. The van der Waals surface area contributed by atoms with Crippen LogP contribution in [0.4, 0.5) is 0 Å². The van der Waals surface area contributed by atoms with Crippen LogP contribution in [0.3, 0.4) is 0 Å². The Morgan fingerprint density at radius 2 is 1.55 bits per heavy atom. The van der Waals surface area contributed by atoms with Crippen LogP contribution in [0.25, 0.3) is 0 Å². The van der Waals surface area contributed by atoms with E-state index < -0.39 is 5.54 Å². The summed E-state index contributed by atoms with van der Waals surface area (Å²) in [4.78, 5) is 0. The van der Waals surface area contributed by atoms with Crippen molar-refractivity contribution in [2.75, 3.05) is 0 Å². The van der Waals surface area contributed by atoms with E-state index in [1.54, 1.807) is 12.7 Å². The van der Waals surface area contributed by atoms with E-state index in [2.05, 4.69) is 28.3 Å². The Hall–Kier alpha value is -2.57. The highest BCUT2D eigenvalue weighted by Crippen LogP contribution is 2.37. The SMILES string of the molecule is C#CCC(c1ccccc1)(c1ccc(Cl)cc1)n1cnnc1. The van der Waals surface area contributed by atoms with Gasteiger partial charge in [0.2, 0.25) is 0 Å². The first-order valence-electron chi connectivity index (χ1n) is 6.87. The van der Waals surface area contributed by atoms with Gasteiger partial charge in [0.05, 0.1) is 0 Å². The van der Waals surface area contributed by atoms with Crippen LogP contribution in [0.15, 0.2) is 67.3 Å². The second-order valence-corrected chi connectivity index (χ2v) is 5.42. The van der Waals surface area contributed by atoms with Crippen LogP contribution in [0.5, 0.6) is 0 Å². The standard InChI is InChI=1S/C18H14ClN3/c1-2-12-18(22-13-20-21-14-22,15-6-4-3-5-7-15)16-8-10-17(19)11-9-16/h1,3-11,13-14H,12H2. The first-order chi connectivity index (χ1) is 10.8. The van der Waals surface area contributed by atoms with Crippen molar-refractivity contribution in [1.82, 2.24) is 14.8 Å². The molecule has 0 aliphatic carbocycles. The monoisotopic (exact) mass is 307 g/mol. The average molecular weight is 308 g/mol. The molecule has 2 aromatic carbocycles. The molecule has 1 heterocycles. The molecule has 3 aromatic rings. The number of hydrogen-bond acceptors (Lipinski definition) is 2. The van der Waals surface area contributed by atoms with Crippen molar-refractivity contribution in [3.05, 3.63) is 83.4 Å². The molecule has 0 spiro atoms. The normalized spacial score (nSPS) is 13.3. The largest absolute Gasteiger partial charge is 0.305 e. The van der Waals surface area contributed by atoms with Crippen LogP contribution in [0.2, 0.25) is 5.02 Å². The molecule has 22 heavy (non-hydrogen) atoms. The van der Waals surface area contributed by atoms with E-state index in [-0.39, 0.29) is 0 Å². The van der Waals surface area contributed by atoms with E-state index in [0.29, 0.717) is 11.4 Å². The summed E-state index contributed by atoms with van der Waals surface area (Å²) in [6.07, 6.45) is 9.56. The molecular weight excluding hydrogens is 294 g/mol. The third-order valence-corrected chi connectivity index (χ3v) is 4.04. The van der Waals surface area contributed by atoms with Gasteiger partial charge in [0.25, 0.3) is 0 Å². The summed E-state index contributed by atoms with van der Waals surface area (Å²) in [7, 11) is 0. The molecule has 0 bridgehead atoms. The van der Waals surface area contributed by atoms with Gasteiger partial charge in [0.15, 0.2) is 0 Å². The Labute approximate surface area is 134 Å². The van der Waals surface area contributed by atoms with Crippen molar-refractivity contribution in [2.45, 2.75) is 12.0 Å². The molecule has 0 saturated heterocycles. The molecule has 0 radical (unpaired) electrons. The van der Waals surface area contributed by atoms with Gasteiger partial charge < -0.3 is 4.57 Å². The Bertz CT molecular complexity index is 773. The lowest BCUT2D eigenvalue weighted by atomic mass is 9.80. The van der Waals surface area contributed by atoms with Gasteiger partial charge in [-0.15, -0.1) is 22.5 Å². The van der Waals surface area contributed by atoms with Crippen molar-refractivity contribution >= 4 is 11.6 Å². The minimum atomic E-state index is -0.551. The van der Waals surface area contributed by atoms with Crippen LogP contribution in [-0.4, -0.2) is 14.8 Å². The highest BCUT2D eigenvalue weighted by atomic mass is 35.5. The van der Waals surface area contributed by atoms with Gasteiger partial charge in [-0.3, -0.25) is 0 Å². The summed E-state index contributed by atoms with van der Waals surface area (Å²) in [5.74, 6) is 2.80. The summed E-state index contributed by atoms with van der Waals surface area (Å²) in [6.45, 7) is 0. The number of rotatable bonds is 4. The Kier molecular flexibility index (Phi) is 3.95. The molecule has 0 aliphatic rings. The van der Waals surface area contributed by atoms with Crippen LogP contribution < -0.4 is 0 Å². The zero-order valence-electron chi connectivity index (χ0n) is 11.9. The van der Waals surface area contributed by atoms with E-state index in [4.69, 9.17) is 18.0 Å². The van der Waals surface area contributed by atoms with Gasteiger partial charge in [-0.05, 0) is 23.3 Å². The second kappa shape index (κ2) is 6.05. The fourth-order valence-electron chi connectivity index (χ4n) is 2.75. The summed E-state index contributed by atoms with van der Waals surface area (Å²) in [5.41, 5.74) is 1.57. The van der Waals surface area contributed by atoms with Gasteiger partial charge in [0.1, 0.15) is 18.2 Å². The van der Waals surface area contributed by atoms with E-state index in [1.807, 2.05) is 47.0 Å². The molecule has 0 amide bonds. The first-order valence-corrected chi connectivity index (χ1v) is 7.25. The minimum absolute atomic E-state index is 0.483. The predicted octanol–water partition coefficient (Wildman–Crippen LogP) is 3.75. The lowest BCUT2D eigenvalue weighted by Crippen LogP contribution is -2.35. The molecule has 3 nitrogen and oxygen atoms in total. The highest BCUT2D eigenvalue weighted by molar-refractivity contribution is 6.30. The van der Waals surface area contributed by atoms with E-state index in [1.165, 1.54) is 0 Å². The highest BCUT2D eigenvalue weighted by Gasteiger charge is 2.35. The fraction of sp³-hybridized carbons (Fsp3) is 0.111. The first kappa shape index (κ1) is 14.4. The number of benzene rings is 2. The zero-order valence-corrected chi connectivity index (χ0v) is 12.6. The average Bonchev–Trinajstić information content (AvgIpc) is 3.09. The zero-order chi connectivity index (χ0) is 15.4. The minimum Gasteiger partial charge on any atom is -0.305 e. The third-order valence-electron chi connectivity index (χ3n) is 3.79. The maximum absolute atomic E-state index is 6.04. The molecule has 108 valence electrons. The van der Waals surface area contributed by atoms with Gasteiger partial charge in [-0.2, -0.15) is 0 Å². The van der Waals surface area contributed by atoms with Gasteiger partial charge >= 0.3 is 0 Å². The molecule has 0 fully saturated rings. The predicted molar refractivity (Wildman–Crippen MR) is 87.5 cm³/mol. The number of halogens is 1. The molecule has 4 heteroatoms. The summed E-state index contributed by atoms with van der Waals surface area (Å²) in [5, 5.41) is 8.60. The lowest BCUT2D eigenvalue weighted by molar-refractivity contribution is 0.439. The molecular formula is C18H14ClN3. The molecule has 1 atom stereocenters. The second-order valence-electron chi connectivity index (χ2n) is 4.98. The Morgan fingerprint density at radius 1 is 0.955 bits per heavy atom. The number of hydrogen-bond donors (Lipinski definition) is 0. The van der Waals surface area contributed by atoms with Crippen molar-refractivity contribution in [3.63, 3.8) is 0 Å². The molecule has 1 aromatic heterocycles. The number of terminal acetylenes is 1. The van der Waals surface area contributed by atoms with Crippen molar-refractivity contribution in [3.8, 4) is 12.3 Å². The van der Waals surface area contributed by atoms with Crippen LogP contribution in [-0.2, 0) is 5.54 Å².